The number of halogens is 2. The zero-order valence-corrected chi connectivity index (χ0v) is 8.70. The van der Waals surface area contributed by atoms with Gasteiger partial charge in [0.05, 0.1) is 0 Å². The summed E-state index contributed by atoms with van der Waals surface area (Å²) in [6, 6.07) is 10.2. The minimum atomic E-state index is -2.12. The average Bonchev–Trinajstić information content (AvgIpc) is 2.30. The number of benzene rings is 1. The van der Waals surface area contributed by atoms with E-state index in [9.17, 15) is 8.78 Å². The van der Waals surface area contributed by atoms with Crippen molar-refractivity contribution in [2.24, 2.45) is 5.92 Å². The third-order valence-electron chi connectivity index (χ3n) is 3.40. The molecule has 0 bridgehead atoms. The Morgan fingerprint density at radius 1 is 0.933 bits per heavy atom. The van der Waals surface area contributed by atoms with E-state index < -0.39 is 6.43 Å². The van der Waals surface area contributed by atoms with Gasteiger partial charge in [-0.05, 0) is 37.2 Å². The number of hydrogen-bond donors (Lipinski definition) is 0. The summed E-state index contributed by atoms with van der Waals surface area (Å²) >= 11 is 0. The van der Waals surface area contributed by atoms with Gasteiger partial charge < -0.3 is 0 Å². The molecule has 0 heterocycles. The fraction of sp³-hybridized carbons (Fsp3) is 0.538. The first-order valence-corrected chi connectivity index (χ1v) is 5.60. The molecule has 0 spiro atoms. The lowest BCUT2D eigenvalue weighted by atomic mass is 9.79. The zero-order chi connectivity index (χ0) is 10.7. The summed E-state index contributed by atoms with van der Waals surface area (Å²) in [5, 5.41) is 0. The highest BCUT2D eigenvalue weighted by molar-refractivity contribution is 5.19. The SMILES string of the molecule is FC(F)C1CCC(c2ccccc2)CC1. The summed E-state index contributed by atoms with van der Waals surface area (Å²) in [5.41, 5.74) is 1.31. The quantitative estimate of drug-likeness (QED) is 0.685. The average molecular weight is 210 g/mol. The molecule has 1 aromatic rings. The highest BCUT2D eigenvalue weighted by Gasteiger charge is 2.27. The van der Waals surface area contributed by atoms with Crippen LogP contribution >= 0.6 is 0 Å². The van der Waals surface area contributed by atoms with Gasteiger partial charge in [-0.25, -0.2) is 8.78 Å². The summed E-state index contributed by atoms with van der Waals surface area (Å²) in [5.74, 6) is 0.145. The van der Waals surface area contributed by atoms with Gasteiger partial charge in [-0.3, -0.25) is 0 Å². The molecule has 1 saturated carbocycles. The van der Waals surface area contributed by atoms with Crippen LogP contribution in [-0.4, -0.2) is 6.43 Å². The van der Waals surface area contributed by atoms with E-state index in [4.69, 9.17) is 0 Å². The molecule has 0 nitrogen and oxygen atoms in total. The van der Waals surface area contributed by atoms with E-state index in [0.29, 0.717) is 18.8 Å². The van der Waals surface area contributed by atoms with Gasteiger partial charge >= 0.3 is 0 Å². The molecular formula is C13H16F2. The Morgan fingerprint density at radius 2 is 1.53 bits per heavy atom. The third kappa shape index (κ3) is 2.55. The molecule has 2 heteroatoms. The lowest BCUT2D eigenvalue weighted by Gasteiger charge is -2.28. The van der Waals surface area contributed by atoms with Crippen LogP contribution in [0.15, 0.2) is 30.3 Å². The van der Waals surface area contributed by atoms with Crippen LogP contribution in [0.3, 0.4) is 0 Å². The molecule has 0 aromatic heterocycles. The highest BCUT2D eigenvalue weighted by atomic mass is 19.3. The van der Waals surface area contributed by atoms with Crippen molar-refractivity contribution in [1.82, 2.24) is 0 Å². The summed E-state index contributed by atoms with van der Waals surface area (Å²) in [4.78, 5) is 0. The van der Waals surface area contributed by atoms with Crippen molar-refractivity contribution in [3.05, 3.63) is 35.9 Å². The largest absolute Gasteiger partial charge is 0.241 e. The molecule has 0 amide bonds. The Kier molecular flexibility index (Phi) is 3.34. The second-order valence-corrected chi connectivity index (χ2v) is 4.36. The summed E-state index contributed by atoms with van der Waals surface area (Å²) < 4.78 is 24.9. The topological polar surface area (TPSA) is 0 Å². The normalized spacial score (nSPS) is 26.9. The molecule has 0 atom stereocenters. The Balaban J connectivity index is 1.94. The first-order chi connectivity index (χ1) is 7.27. The van der Waals surface area contributed by atoms with Gasteiger partial charge in [0.25, 0.3) is 0 Å². The number of alkyl halides is 2. The third-order valence-corrected chi connectivity index (χ3v) is 3.40. The molecule has 0 unspecified atom stereocenters. The Hall–Kier alpha value is -0.920. The Labute approximate surface area is 89.3 Å². The van der Waals surface area contributed by atoms with Gasteiger partial charge in [0, 0.05) is 5.92 Å². The van der Waals surface area contributed by atoms with Crippen molar-refractivity contribution in [3.8, 4) is 0 Å². The standard InChI is InChI=1S/C13H16F2/c14-13(15)12-8-6-11(7-9-12)10-4-2-1-3-5-10/h1-5,11-13H,6-9H2. The minimum Gasteiger partial charge on any atom is -0.210 e. The van der Waals surface area contributed by atoms with E-state index in [1.807, 2.05) is 18.2 Å². The maximum atomic E-state index is 12.4. The van der Waals surface area contributed by atoms with Crippen LogP contribution in [0.4, 0.5) is 8.78 Å². The maximum absolute atomic E-state index is 12.4. The van der Waals surface area contributed by atoms with Crippen LogP contribution in [0.25, 0.3) is 0 Å². The molecule has 1 aliphatic rings. The first kappa shape index (κ1) is 10.6. The molecule has 0 N–H and O–H groups in total. The maximum Gasteiger partial charge on any atom is 0.241 e. The molecule has 1 fully saturated rings. The van der Waals surface area contributed by atoms with Gasteiger partial charge in [-0.15, -0.1) is 0 Å². The number of rotatable bonds is 2. The Morgan fingerprint density at radius 3 is 2.07 bits per heavy atom. The van der Waals surface area contributed by atoms with Crippen LogP contribution in [0.1, 0.15) is 37.2 Å². The fourth-order valence-electron chi connectivity index (χ4n) is 2.43. The summed E-state index contributed by atoms with van der Waals surface area (Å²) in [6.07, 6.45) is 1.06. The van der Waals surface area contributed by atoms with Crippen molar-refractivity contribution in [2.45, 2.75) is 38.0 Å². The second kappa shape index (κ2) is 4.73. The van der Waals surface area contributed by atoms with Gasteiger partial charge in [0.2, 0.25) is 6.43 Å². The van der Waals surface area contributed by atoms with Crippen LogP contribution in [0.2, 0.25) is 0 Å². The van der Waals surface area contributed by atoms with Crippen LogP contribution in [0, 0.1) is 5.92 Å². The van der Waals surface area contributed by atoms with Gasteiger partial charge in [0.15, 0.2) is 0 Å². The summed E-state index contributed by atoms with van der Waals surface area (Å²) in [7, 11) is 0. The predicted octanol–water partition coefficient (Wildman–Crippen LogP) is 4.23. The van der Waals surface area contributed by atoms with Crippen molar-refractivity contribution in [3.63, 3.8) is 0 Å². The van der Waals surface area contributed by atoms with E-state index in [0.717, 1.165) is 12.8 Å². The molecule has 15 heavy (non-hydrogen) atoms. The number of hydrogen-bond acceptors (Lipinski definition) is 0. The van der Waals surface area contributed by atoms with Crippen molar-refractivity contribution in [2.75, 3.05) is 0 Å². The molecule has 1 aromatic carbocycles. The molecule has 0 aliphatic heterocycles. The highest BCUT2D eigenvalue weighted by Crippen LogP contribution is 2.37. The molecule has 2 rings (SSSR count). The van der Waals surface area contributed by atoms with E-state index in [2.05, 4.69) is 12.1 Å². The van der Waals surface area contributed by atoms with E-state index in [-0.39, 0.29) is 5.92 Å². The van der Waals surface area contributed by atoms with Crippen molar-refractivity contribution < 1.29 is 8.78 Å². The summed E-state index contributed by atoms with van der Waals surface area (Å²) in [6.45, 7) is 0. The van der Waals surface area contributed by atoms with Crippen LogP contribution in [-0.2, 0) is 0 Å². The second-order valence-electron chi connectivity index (χ2n) is 4.36. The predicted molar refractivity (Wildman–Crippen MR) is 57.1 cm³/mol. The van der Waals surface area contributed by atoms with Crippen molar-refractivity contribution in [1.29, 1.82) is 0 Å². The van der Waals surface area contributed by atoms with Gasteiger partial charge in [-0.2, -0.15) is 0 Å². The van der Waals surface area contributed by atoms with E-state index in [1.165, 1.54) is 5.56 Å². The smallest absolute Gasteiger partial charge is 0.210 e. The van der Waals surface area contributed by atoms with E-state index >= 15 is 0 Å². The molecule has 0 saturated heterocycles. The van der Waals surface area contributed by atoms with E-state index in [1.54, 1.807) is 0 Å². The fourth-order valence-corrected chi connectivity index (χ4v) is 2.43. The molecule has 1 aliphatic carbocycles. The van der Waals surface area contributed by atoms with Crippen molar-refractivity contribution >= 4 is 0 Å². The molecule has 82 valence electrons. The monoisotopic (exact) mass is 210 g/mol. The zero-order valence-electron chi connectivity index (χ0n) is 8.70. The van der Waals surface area contributed by atoms with Gasteiger partial charge in [0.1, 0.15) is 0 Å². The first-order valence-electron chi connectivity index (χ1n) is 5.60. The minimum absolute atomic E-state index is 0.357. The molecular weight excluding hydrogens is 194 g/mol. The van der Waals surface area contributed by atoms with Crippen LogP contribution < -0.4 is 0 Å². The van der Waals surface area contributed by atoms with Crippen LogP contribution in [0.5, 0.6) is 0 Å². The molecule has 0 radical (unpaired) electrons. The lowest BCUT2D eigenvalue weighted by molar-refractivity contribution is 0.0528. The lowest BCUT2D eigenvalue weighted by Crippen LogP contribution is -2.19. The van der Waals surface area contributed by atoms with Gasteiger partial charge in [-0.1, -0.05) is 30.3 Å². The Bertz CT molecular complexity index is 287.